The minimum Gasteiger partial charge on any atom is -0.347 e. The molecule has 0 radical (unpaired) electrons. The lowest BCUT2D eigenvalue weighted by Gasteiger charge is -2.12. The molecule has 6 heteroatoms. The first kappa shape index (κ1) is 24.2. The minimum absolute atomic E-state index is 0.128. The summed E-state index contributed by atoms with van der Waals surface area (Å²) in [5.41, 5.74) is 3.30. The molecule has 0 fully saturated rings. The third kappa shape index (κ3) is 6.77. The van der Waals surface area contributed by atoms with Crippen molar-refractivity contribution in [2.75, 3.05) is 5.32 Å². The summed E-state index contributed by atoms with van der Waals surface area (Å²) in [6, 6.07) is 34.2. The third-order valence-electron chi connectivity index (χ3n) is 5.34. The minimum atomic E-state index is -0.437. The fourth-order valence-corrected chi connectivity index (χ4v) is 3.44. The van der Waals surface area contributed by atoms with Crippen LogP contribution in [-0.2, 0) is 11.3 Å². The second-order valence-electron chi connectivity index (χ2n) is 7.99. The molecular weight excluding hydrogens is 450 g/mol. The maximum Gasteiger partial charge on any atom is 0.268 e. The van der Waals surface area contributed by atoms with Gasteiger partial charge in [-0.1, -0.05) is 78.9 Å². The summed E-state index contributed by atoms with van der Waals surface area (Å²) in [6.45, 7) is 0.331. The quantitative estimate of drug-likeness (QED) is 0.313. The standard InChI is InChI=1S/C30H25N3O3/c34-28(24-14-8-3-9-15-24)32-26-18-16-25(17-19-26)29(35)33-27(20-22-10-4-1-5-11-22)30(36)31-21-23-12-6-2-7-13-23/h1-20H,21H2,(H,31,36)(H,32,34)(H,33,35)/b27-20+. The smallest absolute Gasteiger partial charge is 0.268 e. The molecule has 0 heterocycles. The Morgan fingerprint density at radius 3 is 1.81 bits per heavy atom. The van der Waals surface area contributed by atoms with Gasteiger partial charge >= 0.3 is 0 Å². The first-order valence-electron chi connectivity index (χ1n) is 11.5. The van der Waals surface area contributed by atoms with E-state index in [1.165, 1.54) is 0 Å². The molecule has 0 aliphatic rings. The van der Waals surface area contributed by atoms with Gasteiger partial charge in [0.25, 0.3) is 17.7 Å². The molecule has 36 heavy (non-hydrogen) atoms. The fourth-order valence-electron chi connectivity index (χ4n) is 3.44. The summed E-state index contributed by atoms with van der Waals surface area (Å²) in [7, 11) is 0. The van der Waals surface area contributed by atoms with Crippen molar-refractivity contribution in [3.8, 4) is 0 Å². The van der Waals surface area contributed by atoms with Gasteiger partial charge < -0.3 is 16.0 Å². The van der Waals surface area contributed by atoms with E-state index in [9.17, 15) is 14.4 Å². The van der Waals surface area contributed by atoms with E-state index in [4.69, 9.17) is 0 Å². The topological polar surface area (TPSA) is 87.3 Å². The summed E-state index contributed by atoms with van der Waals surface area (Å²) >= 11 is 0. The van der Waals surface area contributed by atoms with Crippen molar-refractivity contribution in [2.24, 2.45) is 0 Å². The van der Waals surface area contributed by atoms with E-state index >= 15 is 0 Å². The normalized spacial score (nSPS) is 10.8. The van der Waals surface area contributed by atoms with Crippen LogP contribution in [0.4, 0.5) is 5.69 Å². The van der Waals surface area contributed by atoms with Crippen molar-refractivity contribution < 1.29 is 14.4 Å². The molecule has 3 N–H and O–H groups in total. The van der Waals surface area contributed by atoms with Crippen molar-refractivity contribution in [3.63, 3.8) is 0 Å². The van der Waals surface area contributed by atoms with Crippen molar-refractivity contribution in [1.82, 2.24) is 10.6 Å². The lowest BCUT2D eigenvalue weighted by molar-refractivity contribution is -0.117. The zero-order chi connectivity index (χ0) is 25.2. The summed E-state index contributed by atoms with van der Waals surface area (Å²) in [5.74, 6) is -1.08. The number of amides is 3. The van der Waals surface area contributed by atoms with Gasteiger partial charge in [-0.05, 0) is 53.6 Å². The second-order valence-corrected chi connectivity index (χ2v) is 7.99. The van der Waals surface area contributed by atoms with Gasteiger partial charge in [0.2, 0.25) is 0 Å². The predicted octanol–water partition coefficient (Wildman–Crippen LogP) is 5.03. The van der Waals surface area contributed by atoms with Crippen molar-refractivity contribution in [2.45, 2.75) is 6.54 Å². The van der Waals surface area contributed by atoms with Crippen LogP contribution in [-0.4, -0.2) is 17.7 Å². The molecule has 0 aliphatic heterocycles. The molecular formula is C30H25N3O3. The lowest BCUT2D eigenvalue weighted by Crippen LogP contribution is -2.34. The van der Waals surface area contributed by atoms with Crippen LogP contribution in [0.15, 0.2) is 121 Å². The Labute approximate surface area is 209 Å². The van der Waals surface area contributed by atoms with Gasteiger partial charge in [-0.25, -0.2) is 0 Å². The molecule has 178 valence electrons. The fraction of sp³-hybridized carbons (Fsp3) is 0.0333. The van der Waals surface area contributed by atoms with Gasteiger partial charge in [0.1, 0.15) is 5.70 Å². The van der Waals surface area contributed by atoms with E-state index in [0.29, 0.717) is 23.4 Å². The largest absolute Gasteiger partial charge is 0.347 e. The molecule has 0 aliphatic carbocycles. The average Bonchev–Trinajstić information content (AvgIpc) is 2.93. The Morgan fingerprint density at radius 1 is 0.611 bits per heavy atom. The van der Waals surface area contributed by atoms with Crippen LogP contribution in [0.25, 0.3) is 6.08 Å². The van der Waals surface area contributed by atoms with Crippen molar-refractivity contribution in [3.05, 3.63) is 143 Å². The molecule has 4 aromatic carbocycles. The molecule has 0 spiro atoms. The van der Waals surface area contributed by atoms with E-state index in [1.54, 1.807) is 54.6 Å². The number of hydrogen-bond donors (Lipinski definition) is 3. The van der Waals surface area contributed by atoms with Gasteiger partial charge in [-0.15, -0.1) is 0 Å². The molecule has 0 unspecified atom stereocenters. The van der Waals surface area contributed by atoms with Crippen LogP contribution in [0.1, 0.15) is 31.8 Å². The first-order chi connectivity index (χ1) is 17.6. The monoisotopic (exact) mass is 475 g/mol. The van der Waals surface area contributed by atoms with Crippen LogP contribution in [0.5, 0.6) is 0 Å². The summed E-state index contributed by atoms with van der Waals surface area (Å²) < 4.78 is 0. The van der Waals surface area contributed by atoms with Crippen LogP contribution in [0.2, 0.25) is 0 Å². The zero-order valence-electron chi connectivity index (χ0n) is 19.5. The summed E-state index contributed by atoms with van der Waals surface area (Å²) in [6.07, 6.45) is 1.63. The predicted molar refractivity (Wildman–Crippen MR) is 141 cm³/mol. The highest BCUT2D eigenvalue weighted by Gasteiger charge is 2.15. The molecule has 0 saturated carbocycles. The van der Waals surface area contributed by atoms with Gasteiger partial charge in [0.05, 0.1) is 0 Å². The van der Waals surface area contributed by atoms with Crippen LogP contribution in [0, 0.1) is 0 Å². The molecule has 3 amide bonds. The molecule has 0 atom stereocenters. The van der Waals surface area contributed by atoms with E-state index in [0.717, 1.165) is 11.1 Å². The van der Waals surface area contributed by atoms with Crippen LogP contribution < -0.4 is 16.0 Å². The van der Waals surface area contributed by atoms with E-state index < -0.39 is 11.8 Å². The van der Waals surface area contributed by atoms with Crippen LogP contribution in [0.3, 0.4) is 0 Å². The molecule has 0 saturated heterocycles. The molecule has 4 aromatic rings. The van der Waals surface area contributed by atoms with E-state index in [-0.39, 0.29) is 11.6 Å². The SMILES string of the molecule is O=C(NCc1ccccc1)/C(=C\c1ccccc1)NC(=O)c1ccc(NC(=O)c2ccccc2)cc1. The number of carbonyl (C=O) groups excluding carboxylic acids is 3. The maximum absolute atomic E-state index is 13.0. The van der Waals surface area contributed by atoms with Gasteiger partial charge in [0.15, 0.2) is 0 Å². The molecule has 4 rings (SSSR count). The highest BCUT2D eigenvalue weighted by atomic mass is 16.2. The number of anilines is 1. The number of hydrogen-bond acceptors (Lipinski definition) is 3. The number of rotatable bonds is 8. The highest BCUT2D eigenvalue weighted by Crippen LogP contribution is 2.13. The first-order valence-corrected chi connectivity index (χ1v) is 11.5. The third-order valence-corrected chi connectivity index (χ3v) is 5.34. The molecule has 6 nitrogen and oxygen atoms in total. The van der Waals surface area contributed by atoms with Gasteiger partial charge in [-0.2, -0.15) is 0 Å². The molecule has 0 bridgehead atoms. The Morgan fingerprint density at radius 2 is 1.17 bits per heavy atom. The van der Waals surface area contributed by atoms with Crippen molar-refractivity contribution in [1.29, 1.82) is 0 Å². The summed E-state index contributed by atoms with van der Waals surface area (Å²) in [5, 5.41) is 8.38. The number of benzene rings is 4. The number of nitrogens with one attached hydrogen (secondary N) is 3. The van der Waals surface area contributed by atoms with E-state index in [2.05, 4.69) is 16.0 Å². The lowest BCUT2D eigenvalue weighted by atomic mass is 10.1. The highest BCUT2D eigenvalue weighted by molar-refractivity contribution is 6.06. The van der Waals surface area contributed by atoms with Gasteiger partial charge in [-0.3, -0.25) is 14.4 Å². The average molecular weight is 476 g/mol. The summed E-state index contributed by atoms with van der Waals surface area (Å²) in [4.78, 5) is 38.3. The Balaban J connectivity index is 1.45. The molecule has 0 aromatic heterocycles. The second kappa shape index (κ2) is 11.9. The van der Waals surface area contributed by atoms with Crippen molar-refractivity contribution >= 4 is 29.5 Å². The number of carbonyl (C=O) groups is 3. The maximum atomic E-state index is 13.0. The van der Waals surface area contributed by atoms with Crippen LogP contribution >= 0.6 is 0 Å². The van der Waals surface area contributed by atoms with E-state index in [1.807, 2.05) is 66.7 Å². The Kier molecular flexibility index (Phi) is 8.02. The van der Waals surface area contributed by atoms with Gasteiger partial charge in [0, 0.05) is 23.4 Å². The zero-order valence-corrected chi connectivity index (χ0v) is 19.5. The Bertz CT molecular complexity index is 1350. The Hall–Kier alpha value is -4.97.